The van der Waals surface area contributed by atoms with Crippen molar-refractivity contribution >= 4 is 17.7 Å². The minimum Gasteiger partial charge on any atom is -0.351 e. The SMILES string of the molecule is CCC(C)(C)NC(=O)CSc1n[nH]c(=O)n1C1CC1. The van der Waals surface area contributed by atoms with Gasteiger partial charge in [-0.15, -0.1) is 5.10 Å². The van der Waals surface area contributed by atoms with E-state index in [-0.39, 0.29) is 28.9 Å². The fraction of sp³-hybridized carbons (Fsp3) is 0.750. The van der Waals surface area contributed by atoms with E-state index in [1.54, 1.807) is 4.57 Å². The Bertz CT molecular complexity index is 516. The molecule has 1 aliphatic rings. The molecular formula is C12H20N4O2S. The zero-order valence-electron chi connectivity index (χ0n) is 11.5. The van der Waals surface area contributed by atoms with Crippen LogP contribution in [0.2, 0.25) is 0 Å². The summed E-state index contributed by atoms with van der Waals surface area (Å²) in [6.07, 6.45) is 2.91. The van der Waals surface area contributed by atoms with Crippen LogP contribution in [-0.2, 0) is 4.79 Å². The van der Waals surface area contributed by atoms with E-state index in [1.165, 1.54) is 11.8 Å². The molecule has 6 nitrogen and oxygen atoms in total. The summed E-state index contributed by atoms with van der Waals surface area (Å²) in [6, 6.07) is 0.267. The average molecular weight is 284 g/mol. The molecule has 7 heteroatoms. The number of carbonyl (C=O) groups is 1. The van der Waals surface area contributed by atoms with Crippen LogP contribution in [0.15, 0.2) is 9.95 Å². The quantitative estimate of drug-likeness (QED) is 0.772. The van der Waals surface area contributed by atoms with Gasteiger partial charge in [-0.2, -0.15) is 0 Å². The number of rotatable bonds is 6. The van der Waals surface area contributed by atoms with Gasteiger partial charge in [0, 0.05) is 11.6 Å². The molecule has 19 heavy (non-hydrogen) atoms. The molecule has 2 N–H and O–H groups in total. The van der Waals surface area contributed by atoms with E-state index in [1.807, 2.05) is 20.8 Å². The Hall–Kier alpha value is -1.24. The molecule has 0 unspecified atom stereocenters. The number of nitrogens with one attached hydrogen (secondary N) is 2. The summed E-state index contributed by atoms with van der Waals surface area (Å²) in [6.45, 7) is 6.01. The third kappa shape index (κ3) is 3.62. The molecule has 0 bridgehead atoms. The number of amides is 1. The maximum Gasteiger partial charge on any atom is 0.344 e. The highest BCUT2D eigenvalue weighted by atomic mass is 32.2. The molecule has 1 aromatic rings. The van der Waals surface area contributed by atoms with Crippen LogP contribution in [0, 0.1) is 0 Å². The summed E-state index contributed by atoms with van der Waals surface area (Å²) in [4.78, 5) is 23.4. The second-order valence-corrected chi connectivity index (χ2v) is 6.43. The predicted octanol–water partition coefficient (Wildman–Crippen LogP) is 1.30. The molecule has 106 valence electrons. The van der Waals surface area contributed by atoms with Crippen LogP contribution >= 0.6 is 11.8 Å². The van der Waals surface area contributed by atoms with Gasteiger partial charge in [0.1, 0.15) is 0 Å². The molecule has 0 radical (unpaired) electrons. The van der Waals surface area contributed by atoms with Gasteiger partial charge >= 0.3 is 5.69 Å². The fourth-order valence-electron chi connectivity index (χ4n) is 1.68. The Kier molecular flexibility index (Phi) is 4.03. The van der Waals surface area contributed by atoms with Gasteiger partial charge in [0.25, 0.3) is 0 Å². The molecule has 1 saturated carbocycles. The van der Waals surface area contributed by atoms with Crippen molar-refractivity contribution in [3.05, 3.63) is 10.5 Å². The van der Waals surface area contributed by atoms with E-state index >= 15 is 0 Å². The lowest BCUT2D eigenvalue weighted by atomic mass is 10.0. The second-order valence-electron chi connectivity index (χ2n) is 5.49. The Balaban J connectivity index is 1.92. The summed E-state index contributed by atoms with van der Waals surface area (Å²) >= 11 is 1.30. The van der Waals surface area contributed by atoms with Gasteiger partial charge in [-0.1, -0.05) is 18.7 Å². The summed E-state index contributed by atoms with van der Waals surface area (Å²) in [5, 5.41) is 9.99. The second kappa shape index (κ2) is 5.40. The van der Waals surface area contributed by atoms with Crippen molar-refractivity contribution in [3.63, 3.8) is 0 Å². The van der Waals surface area contributed by atoms with E-state index in [4.69, 9.17) is 0 Å². The molecular weight excluding hydrogens is 264 g/mol. The first kappa shape index (κ1) is 14.2. The number of hydrogen-bond donors (Lipinski definition) is 2. The predicted molar refractivity (Wildman–Crippen MR) is 74.4 cm³/mol. The highest BCUT2D eigenvalue weighted by Crippen LogP contribution is 2.35. The molecule has 1 aromatic heterocycles. The Morgan fingerprint density at radius 1 is 1.58 bits per heavy atom. The monoisotopic (exact) mass is 284 g/mol. The Morgan fingerprint density at radius 2 is 2.26 bits per heavy atom. The number of aromatic nitrogens is 3. The van der Waals surface area contributed by atoms with Crippen LogP contribution in [0.25, 0.3) is 0 Å². The topological polar surface area (TPSA) is 79.8 Å². The van der Waals surface area contributed by atoms with Gasteiger partial charge in [0.05, 0.1) is 5.75 Å². The lowest BCUT2D eigenvalue weighted by Gasteiger charge is -2.24. The first-order valence-corrected chi connectivity index (χ1v) is 7.52. The van der Waals surface area contributed by atoms with Crippen molar-refractivity contribution in [2.24, 2.45) is 0 Å². The lowest BCUT2D eigenvalue weighted by molar-refractivity contribution is -0.120. The number of nitrogens with zero attached hydrogens (tertiary/aromatic N) is 2. The van der Waals surface area contributed by atoms with Crippen LogP contribution in [0.4, 0.5) is 0 Å². The van der Waals surface area contributed by atoms with E-state index in [9.17, 15) is 9.59 Å². The van der Waals surface area contributed by atoms with Gasteiger partial charge in [-0.25, -0.2) is 9.89 Å². The summed E-state index contributed by atoms with van der Waals surface area (Å²) in [7, 11) is 0. The van der Waals surface area contributed by atoms with Gasteiger partial charge in [0.2, 0.25) is 5.91 Å². The third-order valence-corrected chi connectivity index (χ3v) is 4.23. The van der Waals surface area contributed by atoms with Crippen molar-refractivity contribution in [1.82, 2.24) is 20.1 Å². The first-order valence-electron chi connectivity index (χ1n) is 6.53. The molecule has 1 fully saturated rings. The standard InChI is InChI=1S/C12H20N4O2S/c1-4-12(2,3)13-9(17)7-19-11-15-14-10(18)16(11)8-5-6-8/h8H,4-7H2,1-3H3,(H,13,17)(H,14,18). The summed E-state index contributed by atoms with van der Waals surface area (Å²) in [5.41, 5.74) is -0.376. The Labute approximate surface area is 116 Å². The van der Waals surface area contributed by atoms with Gasteiger partial charge in [0.15, 0.2) is 5.16 Å². The maximum absolute atomic E-state index is 11.8. The molecule has 0 atom stereocenters. The third-order valence-electron chi connectivity index (χ3n) is 3.28. The molecule has 1 amide bonds. The van der Waals surface area contributed by atoms with Crippen LogP contribution in [-0.4, -0.2) is 32.0 Å². The van der Waals surface area contributed by atoms with Gasteiger partial charge in [-0.3, -0.25) is 9.36 Å². The number of H-pyrrole nitrogens is 1. The van der Waals surface area contributed by atoms with E-state index in [0.717, 1.165) is 19.3 Å². The number of aromatic amines is 1. The van der Waals surface area contributed by atoms with E-state index in [0.29, 0.717) is 5.16 Å². The lowest BCUT2D eigenvalue weighted by Crippen LogP contribution is -2.43. The average Bonchev–Trinajstić information content (AvgIpc) is 3.11. The maximum atomic E-state index is 11.8. The van der Waals surface area contributed by atoms with Crippen molar-refractivity contribution in [3.8, 4) is 0 Å². The van der Waals surface area contributed by atoms with E-state index in [2.05, 4.69) is 15.5 Å². The van der Waals surface area contributed by atoms with Crippen molar-refractivity contribution in [2.45, 2.75) is 56.8 Å². The smallest absolute Gasteiger partial charge is 0.344 e. The molecule has 1 aliphatic carbocycles. The van der Waals surface area contributed by atoms with E-state index < -0.39 is 0 Å². The number of carbonyl (C=O) groups excluding carboxylic acids is 1. The Morgan fingerprint density at radius 3 is 2.84 bits per heavy atom. The van der Waals surface area contributed by atoms with Gasteiger partial charge < -0.3 is 5.32 Å². The minimum atomic E-state index is -0.195. The molecule has 0 aromatic carbocycles. The molecule has 0 saturated heterocycles. The highest BCUT2D eigenvalue weighted by molar-refractivity contribution is 7.99. The molecule has 2 rings (SSSR count). The van der Waals surface area contributed by atoms with Crippen LogP contribution in [0.5, 0.6) is 0 Å². The summed E-state index contributed by atoms with van der Waals surface area (Å²) < 4.78 is 1.66. The van der Waals surface area contributed by atoms with Crippen LogP contribution < -0.4 is 11.0 Å². The zero-order valence-corrected chi connectivity index (χ0v) is 12.3. The largest absolute Gasteiger partial charge is 0.351 e. The van der Waals surface area contributed by atoms with Crippen molar-refractivity contribution in [2.75, 3.05) is 5.75 Å². The van der Waals surface area contributed by atoms with Gasteiger partial charge in [-0.05, 0) is 33.1 Å². The fourth-order valence-corrected chi connectivity index (χ4v) is 2.49. The summed E-state index contributed by atoms with van der Waals surface area (Å²) in [5.74, 6) is 0.245. The highest BCUT2D eigenvalue weighted by Gasteiger charge is 2.29. The van der Waals surface area contributed by atoms with Crippen LogP contribution in [0.1, 0.15) is 46.1 Å². The van der Waals surface area contributed by atoms with Crippen molar-refractivity contribution < 1.29 is 4.79 Å². The van der Waals surface area contributed by atoms with Crippen LogP contribution in [0.3, 0.4) is 0 Å². The number of hydrogen-bond acceptors (Lipinski definition) is 4. The first-order chi connectivity index (χ1) is 8.93. The van der Waals surface area contributed by atoms with Crippen molar-refractivity contribution in [1.29, 1.82) is 0 Å². The molecule has 0 aliphatic heterocycles. The zero-order chi connectivity index (χ0) is 14.0. The normalized spacial score (nSPS) is 15.5. The molecule has 1 heterocycles. The molecule has 0 spiro atoms. The minimum absolute atomic E-state index is 0.0327. The number of thioether (sulfide) groups is 1.